The average Bonchev–Trinajstić information content (AvgIpc) is 3.13. The van der Waals surface area contributed by atoms with Gasteiger partial charge >= 0.3 is 0 Å². The Morgan fingerprint density at radius 1 is 1.31 bits per heavy atom. The largest absolute Gasteiger partial charge is 0.310 e. The monoisotopic (exact) mass is 376 g/mol. The van der Waals surface area contributed by atoms with Crippen molar-refractivity contribution in [1.82, 2.24) is 9.78 Å². The van der Waals surface area contributed by atoms with Crippen LogP contribution in [0.4, 0.5) is 5.69 Å². The van der Waals surface area contributed by atoms with Crippen molar-refractivity contribution < 1.29 is 13.2 Å². The number of carbonyl (C=O) groups is 1. The molecule has 0 saturated heterocycles. The maximum atomic E-state index is 13.3. The number of anilines is 1. The maximum Gasteiger partial charge on any atom is 0.251 e. The van der Waals surface area contributed by atoms with Gasteiger partial charge in [-0.1, -0.05) is 13.3 Å². The third-order valence-electron chi connectivity index (χ3n) is 4.73. The Kier molecular flexibility index (Phi) is 4.90. The number of benzene rings is 1. The third-order valence-corrected chi connectivity index (χ3v) is 5.64. The Morgan fingerprint density at radius 2 is 2.04 bits per heavy atom. The van der Waals surface area contributed by atoms with Crippen molar-refractivity contribution >= 4 is 21.6 Å². The summed E-state index contributed by atoms with van der Waals surface area (Å²) in [5, 5.41) is 9.71. The SMILES string of the molecule is CCC[C@H](C(=O)N1CCc2cc(S(N)(=O)=O)ccc21)n1nc(C)cc1C. The van der Waals surface area contributed by atoms with Crippen LogP contribution in [0.15, 0.2) is 29.2 Å². The van der Waals surface area contributed by atoms with Crippen LogP contribution in [-0.4, -0.2) is 30.7 Å². The lowest BCUT2D eigenvalue weighted by atomic mass is 10.1. The number of carbonyl (C=O) groups excluding carboxylic acids is 1. The summed E-state index contributed by atoms with van der Waals surface area (Å²) in [4.78, 5) is 15.1. The van der Waals surface area contributed by atoms with Gasteiger partial charge in [0.05, 0.1) is 10.6 Å². The lowest BCUT2D eigenvalue weighted by Crippen LogP contribution is -2.37. The van der Waals surface area contributed by atoms with Crippen LogP contribution in [0.3, 0.4) is 0 Å². The van der Waals surface area contributed by atoms with E-state index in [4.69, 9.17) is 5.14 Å². The number of fused-ring (bicyclic) bond motifs is 1. The molecule has 1 aliphatic rings. The summed E-state index contributed by atoms with van der Waals surface area (Å²) in [6, 6.07) is 6.29. The zero-order valence-corrected chi connectivity index (χ0v) is 16.1. The highest BCUT2D eigenvalue weighted by Crippen LogP contribution is 2.32. The molecule has 1 aliphatic heterocycles. The van der Waals surface area contributed by atoms with Gasteiger partial charge in [0.2, 0.25) is 10.0 Å². The van der Waals surface area contributed by atoms with Crippen molar-refractivity contribution in [2.75, 3.05) is 11.4 Å². The van der Waals surface area contributed by atoms with E-state index in [1.165, 1.54) is 6.07 Å². The summed E-state index contributed by atoms with van der Waals surface area (Å²) in [6.45, 7) is 6.44. The van der Waals surface area contributed by atoms with E-state index in [0.29, 0.717) is 19.4 Å². The van der Waals surface area contributed by atoms with E-state index in [1.807, 2.05) is 26.8 Å². The summed E-state index contributed by atoms with van der Waals surface area (Å²) in [5.74, 6) is -0.0137. The maximum absolute atomic E-state index is 13.3. The van der Waals surface area contributed by atoms with Gasteiger partial charge in [-0.25, -0.2) is 13.6 Å². The third kappa shape index (κ3) is 3.39. The molecule has 1 aromatic heterocycles. The van der Waals surface area contributed by atoms with Crippen LogP contribution in [0.2, 0.25) is 0 Å². The molecule has 0 fully saturated rings. The van der Waals surface area contributed by atoms with Gasteiger partial charge in [-0.2, -0.15) is 5.10 Å². The lowest BCUT2D eigenvalue weighted by molar-refractivity contribution is -0.122. The first-order chi connectivity index (χ1) is 12.2. The fourth-order valence-electron chi connectivity index (χ4n) is 3.55. The number of rotatable bonds is 5. The predicted octanol–water partition coefficient (Wildman–Crippen LogP) is 2.08. The molecule has 3 rings (SSSR count). The highest BCUT2D eigenvalue weighted by Gasteiger charge is 2.32. The van der Waals surface area contributed by atoms with Crippen LogP contribution in [0, 0.1) is 13.8 Å². The van der Waals surface area contributed by atoms with Gasteiger partial charge < -0.3 is 4.90 Å². The normalized spacial score (nSPS) is 15.2. The molecule has 0 saturated carbocycles. The molecular weight excluding hydrogens is 352 g/mol. The minimum atomic E-state index is -3.75. The van der Waals surface area contributed by atoms with E-state index in [9.17, 15) is 13.2 Å². The Morgan fingerprint density at radius 3 is 2.62 bits per heavy atom. The summed E-state index contributed by atoms with van der Waals surface area (Å²) >= 11 is 0. The second kappa shape index (κ2) is 6.85. The highest BCUT2D eigenvalue weighted by atomic mass is 32.2. The van der Waals surface area contributed by atoms with Crippen molar-refractivity contribution in [2.45, 2.75) is 51.0 Å². The first-order valence-electron chi connectivity index (χ1n) is 8.72. The number of amides is 1. The predicted molar refractivity (Wildman–Crippen MR) is 99.5 cm³/mol. The van der Waals surface area contributed by atoms with Crippen molar-refractivity contribution in [2.24, 2.45) is 5.14 Å². The second-order valence-electron chi connectivity index (χ2n) is 6.75. The van der Waals surface area contributed by atoms with Crippen LogP contribution >= 0.6 is 0 Å². The summed E-state index contributed by atoms with van der Waals surface area (Å²) in [5.41, 5.74) is 3.42. The molecule has 0 spiro atoms. The smallest absolute Gasteiger partial charge is 0.251 e. The van der Waals surface area contributed by atoms with E-state index in [0.717, 1.165) is 29.1 Å². The first-order valence-corrected chi connectivity index (χ1v) is 10.3. The average molecular weight is 376 g/mol. The topological polar surface area (TPSA) is 98.3 Å². The number of nitrogens with two attached hydrogens (primary N) is 1. The quantitative estimate of drug-likeness (QED) is 0.864. The van der Waals surface area contributed by atoms with Crippen molar-refractivity contribution in [1.29, 1.82) is 0 Å². The van der Waals surface area contributed by atoms with Gasteiger partial charge in [0.1, 0.15) is 6.04 Å². The van der Waals surface area contributed by atoms with E-state index in [1.54, 1.807) is 21.7 Å². The Bertz CT molecular complexity index is 949. The molecule has 26 heavy (non-hydrogen) atoms. The molecular formula is C18H24N4O3S. The number of primary sulfonamides is 1. The Labute approximate surface area is 153 Å². The van der Waals surface area contributed by atoms with E-state index in [-0.39, 0.29) is 16.8 Å². The lowest BCUT2D eigenvalue weighted by Gasteiger charge is -2.25. The number of hydrogen-bond acceptors (Lipinski definition) is 4. The molecule has 1 amide bonds. The molecule has 0 unspecified atom stereocenters. The van der Waals surface area contributed by atoms with E-state index >= 15 is 0 Å². The van der Waals surface area contributed by atoms with Crippen LogP contribution < -0.4 is 10.0 Å². The first kappa shape index (κ1) is 18.6. The molecule has 0 aliphatic carbocycles. The van der Waals surface area contributed by atoms with E-state index < -0.39 is 10.0 Å². The molecule has 2 aromatic rings. The van der Waals surface area contributed by atoms with Gasteiger partial charge in [0.25, 0.3) is 5.91 Å². The number of aryl methyl sites for hydroxylation is 2. The Balaban J connectivity index is 1.95. The molecule has 0 bridgehead atoms. The molecule has 1 atom stereocenters. The zero-order chi connectivity index (χ0) is 19.1. The van der Waals surface area contributed by atoms with Crippen molar-refractivity contribution in [3.05, 3.63) is 41.2 Å². The molecule has 2 N–H and O–H groups in total. The molecule has 8 heteroatoms. The zero-order valence-electron chi connectivity index (χ0n) is 15.3. The van der Waals surface area contributed by atoms with Gasteiger partial charge in [0.15, 0.2) is 0 Å². The molecule has 2 heterocycles. The minimum Gasteiger partial charge on any atom is -0.310 e. The van der Waals surface area contributed by atoms with Crippen molar-refractivity contribution in [3.8, 4) is 0 Å². The van der Waals surface area contributed by atoms with Crippen LogP contribution in [0.25, 0.3) is 0 Å². The Hall–Kier alpha value is -2.19. The minimum absolute atomic E-state index is 0.0137. The van der Waals surface area contributed by atoms with Crippen LogP contribution in [0.1, 0.15) is 42.8 Å². The van der Waals surface area contributed by atoms with E-state index in [2.05, 4.69) is 5.10 Å². The number of aromatic nitrogens is 2. The summed E-state index contributed by atoms with van der Waals surface area (Å²) in [7, 11) is -3.75. The highest BCUT2D eigenvalue weighted by molar-refractivity contribution is 7.89. The summed E-state index contributed by atoms with van der Waals surface area (Å²) < 4.78 is 24.9. The fraction of sp³-hybridized carbons (Fsp3) is 0.444. The molecule has 7 nitrogen and oxygen atoms in total. The number of sulfonamides is 1. The van der Waals surface area contributed by atoms with Crippen LogP contribution in [-0.2, 0) is 21.2 Å². The summed E-state index contributed by atoms with van der Waals surface area (Å²) in [6.07, 6.45) is 2.17. The molecule has 1 aromatic carbocycles. The number of nitrogens with zero attached hydrogens (tertiary/aromatic N) is 3. The number of hydrogen-bond donors (Lipinski definition) is 1. The van der Waals surface area contributed by atoms with Gasteiger partial charge in [-0.3, -0.25) is 9.48 Å². The van der Waals surface area contributed by atoms with Gasteiger partial charge in [0, 0.05) is 17.9 Å². The molecule has 0 radical (unpaired) electrons. The van der Waals surface area contributed by atoms with Gasteiger partial charge in [-0.05, 0) is 56.5 Å². The standard InChI is InChI=1S/C18H24N4O3S/c1-4-5-17(22-13(3)10-12(2)20-22)18(23)21-9-8-14-11-15(26(19,24)25)6-7-16(14)21/h6-7,10-11,17H,4-5,8-9H2,1-3H3,(H2,19,24,25)/t17-/m1/s1. The molecule has 140 valence electrons. The van der Waals surface area contributed by atoms with Crippen LogP contribution in [0.5, 0.6) is 0 Å². The fourth-order valence-corrected chi connectivity index (χ4v) is 4.11. The van der Waals surface area contributed by atoms with Gasteiger partial charge in [-0.15, -0.1) is 0 Å². The van der Waals surface area contributed by atoms with Crippen molar-refractivity contribution in [3.63, 3.8) is 0 Å². The second-order valence-corrected chi connectivity index (χ2v) is 8.31.